The summed E-state index contributed by atoms with van der Waals surface area (Å²) < 4.78 is 2.89. The number of benzene rings is 1. The first kappa shape index (κ1) is 15.2. The number of aliphatic hydroxyl groups is 1. The Labute approximate surface area is 127 Å². The summed E-state index contributed by atoms with van der Waals surface area (Å²) in [7, 11) is 0. The van der Waals surface area contributed by atoms with Gasteiger partial charge in [-0.2, -0.15) is 5.10 Å². The van der Waals surface area contributed by atoms with Gasteiger partial charge in [0, 0.05) is 24.9 Å². The van der Waals surface area contributed by atoms with Gasteiger partial charge in [0.1, 0.15) is 0 Å². The van der Waals surface area contributed by atoms with E-state index in [9.17, 15) is 5.11 Å². The molecule has 2 aromatic rings. The molecule has 2 N–H and O–H groups in total. The van der Waals surface area contributed by atoms with Gasteiger partial charge >= 0.3 is 0 Å². The van der Waals surface area contributed by atoms with Crippen LogP contribution in [0.4, 0.5) is 0 Å². The minimum absolute atomic E-state index is 0.162. The van der Waals surface area contributed by atoms with E-state index in [4.69, 9.17) is 0 Å². The minimum Gasteiger partial charge on any atom is -0.396 e. The zero-order valence-electron chi connectivity index (χ0n) is 11.5. The second kappa shape index (κ2) is 7.57. The summed E-state index contributed by atoms with van der Waals surface area (Å²) in [5.41, 5.74) is 1.20. The second-order valence-corrected chi connectivity index (χ2v) is 5.84. The van der Waals surface area contributed by atoms with Gasteiger partial charge in [0.05, 0.1) is 17.2 Å². The highest BCUT2D eigenvalue weighted by Crippen LogP contribution is 2.17. The van der Waals surface area contributed by atoms with Gasteiger partial charge in [-0.05, 0) is 34.8 Å². The van der Waals surface area contributed by atoms with E-state index in [1.807, 2.05) is 29.1 Å². The van der Waals surface area contributed by atoms with Crippen LogP contribution in [0.25, 0.3) is 0 Å². The fourth-order valence-electron chi connectivity index (χ4n) is 2.28. The van der Waals surface area contributed by atoms with E-state index in [0.29, 0.717) is 6.42 Å². The Hall–Kier alpha value is -1.17. The van der Waals surface area contributed by atoms with Crippen LogP contribution in [-0.4, -0.2) is 27.5 Å². The van der Waals surface area contributed by atoms with Crippen molar-refractivity contribution in [1.82, 2.24) is 15.1 Å². The lowest BCUT2D eigenvalue weighted by molar-refractivity contribution is 0.256. The highest BCUT2D eigenvalue weighted by Gasteiger charge is 2.14. The first-order chi connectivity index (χ1) is 9.69. The molecule has 0 spiro atoms. The lowest BCUT2D eigenvalue weighted by Gasteiger charge is -2.23. The highest BCUT2D eigenvalue weighted by molar-refractivity contribution is 9.10. The smallest absolute Gasteiger partial charge is 0.0632 e. The molecular weight excluding hydrogens is 318 g/mol. The Balaban J connectivity index is 1.97. The van der Waals surface area contributed by atoms with Gasteiger partial charge in [0.25, 0.3) is 0 Å². The molecule has 0 radical (unpaired) electrons. The molecule has 5 heteroatoms. The van der Waals surface area contributed by atoms with Crippen LogP contribution in [0.15, 0.2) is 47.2 Å². The number of hydrogen-bond acceptors (Lipinski definition) is 3. The number of halogens is 1. The molecule has 1 aromatic carbocycles. The topological polar surface area (TPSA) is 50.1 Å². The first-order valence-corrected chi connectivity index (χ1v) is 7.58. The number of aliphatic hydroxyl groups excluding tert-OH is 1. The first-order valence-electron chi connectivity index (χ1n) is 6.79. The maximum Gasteiger partial charge on any atom is 0.0632 e. The van der Waals surface area contributed by atoms with Crippen LogP contribution in [0.1, 0.15) is 24.9 Å². The fourth-order valence-corrected chi connectivity index (χ4v) is 2.60. The second-order valence-electron chi connectivity index (χ2n) is 4.92. The van der Waals surface area contributed by atoms with Crippen LogP contribution >= 0.6 is 15.9 Å². The molecule has 4 nitrogen and oxygen atoms in total. The molecular formula is C15H20BrN3O. The number of aromatic nitrogens is 2. The molecule has 0 amide bonds. The summed E-state index contributed by atoms with van der Waals surface area (Å²) in [4.78, 5) is 0. The van der Waals surface area contributed by atoms with Gasteiger partial charge in [0.15, 0.2) is 0 Å². The summed E-state index contributed by atoms with van der Waals surface area (Å²) in [6.07, 6.45) is 4.45. The normalized spacial score (nSPS) is 14.2. The van der Waals surface area contributed by atoms with Crippen molar-refractivity contribution in [1.29, 1.82) is 0 Å². The maximum absolute atomic E-state index is 9.24. The van der Waals surface area contributed by atoms with Crippen LogP contribution in [0.3, 0.4) is 0 Å². The van der Waals surface area contributed by atoms with Crippen LogP contribution < -0.4 is 5.32 Å². The highest BCUT2D eigenvalue weighted by atomic mass is 79.9. The van der Waals surface area contributed by atoms with Crippen LogP contribution in [0.2, 0.25) is 0 Å². The summed E-state index contributed by atoms with van der Waals surface area (Å²) in [6, 6.07) is 10.7. The molecule has 0 unspecified atom stereocenters. The molecule has 0 saturated carbocycles. The zero-order chi connectivity index (χ0) is 14.4. The van der Waals surface area contributed by atoms with Gasteiger partial charge in [-0.15, -0.1) is 0 Å². The molecule has 20 heavy (non-hydrogen) atoms. The molecule has 2 rings (SSSR count). The summed E-state index contributed by atoms with van der Waals surface area (Å²) in [5.74, 6) is 0. The monoisotopic (exact) mass is 337 g/mol. The number of hydrogen-bond donors (Lipinski definition) is 2. The van der Waals surface area contributed by atoms with Gasteiger partial charge in [-0.3, -0.25) is 4.68 Å². The largest absolute Gasteiger partial charge is 0.396 e. The summed E-state index contributed by atoms with van der Waals surface area (Å²) in [5, 5.41) is 17.1. The van der Waals surface area contributed by atoms with Gasteiger partial charge < -0.3 is 10.4 Å². The van der Waals surface area contributed by atoms with Crippen LogP contribution in [0.5, 0.6) is 0 Å². The Bertz CT molecular complexity index is 515. The molecule has 0 bridgehead atoms. The van der Waals surface area contributed by atoms with Crippen molar-refractivity contribution in [2.75, 3.05) is 6.61 Å². The summed E-state index contributed by atoms with van der Waals surface area (Å²) in [6.45, 7) is 3.09. The molecule has 2 atom stereocenters. The number of nitrogens with zero attached hydrogens (tertiary/aromatic N) is 2. The van der Waals surface area contributed by atoms with Crippen molar-refractivity contribution in [3.05, 3.63) is 52.8 Å². The van der Waals surface area contributed by atoms with Crippen molar-refractivity contribution in [3.63, 3.8) is 0 Å². The molecule has 1 aromatic heterocycles. The Morgan fingerprint density at radius 3 is 2.70 bits per heavy atom. The Morgan fingerprint density at radius 2 is 2.10 bits per heavy atom. The van der Waals surface area contributed by atoms with Gasteiger partial charge in [-0.25, -0.2) is 0 Å². The van der Waals surface area contributed by atoms with E-state index < -0.39 is 0 Å². The molecule has 0 saturated heterocycles. The third kappa shape index (κ3) is 4.44. The molecule has 0 aliphatic carbocycles. The van der Waals surface area contributed by atoms with E-state index in [1.165, 1.54) is 5.56 Å². The van der Waals surface area contributed by atoms with E-state index in [1.54, 1.807) is 6.20 Å². The van der Waals surface area contributed by atoms with Gasteiger partial charge in [-0.1, -0.05) is 30.3 Å². The van der Waals surface area contributed by atoms with Crippen molar-refractivity contribution < 1.29 is 5.11 Å². The molecule has 0 aliphatic heterocycles. The summed E-state index contributed by atoms with van der Waals surface area (Å²) >= 11 is 3.40. The van der Waals surface area contributed by atoms with Crippen molar-refractivity contribution in [3.8, 4) is 0 Å². The third-order valence-corrected chi connectivity index (χ3v) is 3.58. The quantitative estimate of drug-likeness (QED) is 0.816. The van der Waals surface area contributed by atoms with Crippen molar-refractivity contribution in [2.45, 2.75) is 32.0 Å². The van der Waals surface area contributed by atoms with E-state index in [-0.39, 0.29) is 18.7 Å². The maximum atomic E-state index is 9.24. The molecule has 1 heterocycles. The SMILES string of the molecule is C[C@H](Cn1cc(Br)cn1)N[C@H](CCO)c1ccccc1. The molecule has 0 fully saturated rings. The average Bonchev–Trinajstić information content (AvgIpc) is 2.84. The zero-order valence-corrected chi connectivity index (χ0v) is 13.1. The number of nitrogens with one attached hydrogen (secondary N) is 1. The number of rotatable bonds is 7. The lowest BCUT2D eigenvalue weighted by Crippen LogP contribution is -2.34. The van der Waals surface area contributed by atoms with Crippen LogP contribution in [-0.2, 0) is 6.54 Å². The van der Waals surface area contributed by atoms with Crippen molar-refractivity contribution >= 4 is 15.9 Å². The fraction of sp³-hybridized carbons (Fsp3) is 0.400. The Morgan fingerprint density at radius 1 is 1.35 bits per heavy atom. The standard InChI is InChI=1S/C15H20BrN3O/c1-12(10-19-11-14(16)9-17-19)18-15(7-8-20)13-5-3-2-4-6-13/h2-6,9,11-12,15,18,20H,7-8,10H2,1H3/t12-,15-/m1/s1. The van der Waals surface area contributed by atoms with Crippen molar-refractivity contribution in [2.24, 2.45) is 0 Å². The minimum atomic E-state index is 0.162. The lowest BCUT2D eigenvalue weighted by atomic mass is 10.0. The Kier molecular flexibility index (Phi) is 5.76. The molecule has 0 aliphatic rings. The predicted molar refractivity (Wildman–Crippen MR) is 83.4 cm³/mol. The predicted octanol–water partition coefficient (Wildman–Crippen LogP) is 2.75. The third-order valence-electron chi connectivity index (χ3n) is 3.17. The molecule has 108 valence electrons. The van der Waals surface area contributed by atoms with Gasteiger partial charge in [0.2, 0.25) is 0 Å². The van der Waals surface area contributed by atoms with E-state index >= 15 is 0 Å². The van der Waals surface area contributed by atoms with E-state index in [0.717, 1.165) is 11.0 Å². The average molecular weight is 338 g/mol. The van der Waals surface area contributed by atoms with Crippen LogP contribution in [0, 0.1) is 0 Å². The van der Waals surface area contributed by atoms with E-state index in [2.05, 4.69) is 45.4 Å².